The quantitative estimate of drug-likeness (QED) is 0.842. The third-order valence-corrected chi connectivity index (χ3v) is 3.22. The molecule has 1 aromatic heterocycles. The van der Waals surface area contributed by atoms with Crippen LogP contribution in [0.25, 0.3) is 10.9 Å². The SMILES string of the molecule is COC(=O)C(N)Cc1cn(C)c2cc(OC)ccc12. The second-order valence-electron chi connectivity index (χ2n) is 4.48. The molecule has 1 atom stereocenters. The first kappa shape index (κ1) is 13.4. The summed E-state index contributed by atoms with van der Waals surface area (Å²) in [5.41, 5.74) is 7.88. The number of carbonyl (C=O) groups excluding carboxylic acids is 1. The number of rotatable bonds is 4. The van der Waals surface area contributed by atoms with Crippen molar-refractivity contribution in [2.45, 2.75) is 12.5 Å². The Morgan fingerprint density at radius 1 is 1.42 bits per heavy atom. The van der Waals surface area contributed by atoms with Gasteiger partial charge in [-0.15, -0.1) is 0 Å². The Bertz CT molecular complexity index is 604. The first-order valence-corrected chi connectivity index (χ1v) is 6.02. The smallest absolute Gasteiger partial charge is 0.322 e. The largest absolute Gasteiger partial charge is 0.497 e. The fourth-order valence-electron chi connectivity index (χ4n) is 2.21. The van der Waals surface area contributed by atoms with Crippen molar-refractivity contribution in [3.8, 4) is 5.75 Å². The zero-order chi connectivity index (χ0) is 14.0. The van der Waals surface area contributed by atoms with E-state index in [1.807, 2.05) is 36.0 Å². The van der Waals surface area contributed by atoms with Gasteiger partial charge in [0.05, 0.1) is 19.7 Å². The molecule has 0 fully saturated rings. The van der Waals surface area contributed by atoms with E-state index in [1.165, 1.54) is 7.11 Å². The lowest BCUT2D eigenvalue weighted by Gasteiger charge is -2.08. The Balaban J connectivity index is 2.37. The van der Waals surface area contributed by atoms with E-state index >= 15 is 0 Å². The minimum absolute atomic E-state index is 0.398. The summed E-state index contributed by atoms with van der Waals surface area (Å²) in [4.78, 5) is 11.4. The van der Waals surface area contributed by atoms with Gasteiger partial charge in [0.15, 0.2) is 0 Å². The lowest BCUT2D eigenvalue weighted by atomic mass is 10.1. The van der Waals surface area contributed by atoms with Crippen molar-refractivity contribution in [1.29, 1.82) is 0 Å². The van der Waals surface area contributed by atoms with Crippen molar-refractivity contribution in [2.24, 2.45) is 12.8 Å². The Morgan fingerprint density at radius 3 is 2.79 bits per heavy atom. The minimum Gasteiger partial charge on any atom is -0.497 e. The average Bonchev–Trinajstić information content (AvgIpc) is 2.73. The highest BCUT2D eigenvalue weighted by Crippen LogP contribution is 2.25. The number of esters is 1. The van der Waals surface area contributed by atoms with Gasteiger partial charge in [-0.2, -0.15) is 0 Å². The monoisotopic (exact) mass is 262 g/mol. The Morgan fingerprint density at radius 2 is 2.16 bits per heavy atom. The molecule has 2 aromatic rings. The fraction of sp³-hybridized carbons (Fsp3) is 0.357. The second-order valence-corrected chi connectivity index (χ2v) is 4.48. The van der Waals surface area contributed by atoms with Crippen molar-refractivity contribution in [2.75, 3.05) is 14.2 Å². The van der Waals surface area contributed by atoms with E-state index in [2.05, 4.69) is 4.74 Å². The first-order valence-electron chi connectivity index (χ1n) is 6.02. The van der Waals surface area contributed by atoms with Crippen molar-refractivity contribution >= 4 is 16.9 Å². The number of hydrogen-bond acceptors (Lipinski definition) is 4. The topological polar surface area (TPSA) is 66.5 Å². The molecule has 5 nitrogen and oxygen atoms in total. The van der Waals surface area contributed by atoms with Gasteiger partial charge in [-0.25, -0.2) is 0 Å². The number of aryl methyl sites for hydroxylation is 1. The van der Waals surface area contributed by atoms with Gasteiger partial charge in [0, 0.05) is 31.1 Å². The summed E-state index contributed by atoms with van der Waals surface area (Å²) in [6.45, 7) is 0. The van der Waals surface area contributed by atoms with Crippen molar-refractivity contribution in [3.63, 3.8) is 0 Å². The predicted octanol–water partition coefficient (Wildman–Crippen LogP) is 1.23. The molecule has 0 saturated carbocycles. The molecule has 0 radical (unpaired) electrons. The number of carbonyl (C=O) groups is 1. The van der Waals surface area contributed by atoms with E-state index in [9.17, 15) is 4.79 Å². The first-order chi connectivity index (χ1) is 9.06. The standard InChI is InChI=1S/C14H18N2O3/c1-16-8-9(6-12(15)14(17)19-3)11-5-4-10(18-2)7-13(11)16/h4-5,7-8,12H,6,15H2,1-3H3. The molecule has 1 unspecified atom stereocenters. The van der Waals surface area contributed by atoms with Crippen LogP contribution in [0.3, 0.4) is 0 Å². The van der Waals surface area contributed by atoms with Gasteiger partial charge >= 0.3 is 5.97 Å². The van der Waals surface area contributed by atoms with E-state index in [4.69, 9.17) is 10.5 Å². The highest BCUT2D eigenvalue weighted by Gasteiger charge is 2.17. The summed E-state index contributed by atoms with van der Waals surface area (Å²) < 4.78 is 11.9. The van der Waals surface area contributed by atoms with Crippen molar-refractivity contribution in [1.82, 2.24) is 4.57 Å². The van der Waals surface area contributed by atoms with E-state index in [1.54, 1.807) is 7.11 Å². The van der Waals surface area contributed by atoms with Crippen molar-refractivity contribution in [3.05, 3.63) is 30.0 Å². The van der Waals surface area contributed by atoms with E-state index in [0.29, 0.717) is 6.42 Å². The van der Waals surface area contributed by atoms with Crippen LogP contribution >= 0.6 is 0 Å². The van der Waals surface area contributed by atoms with Crippen LogP contribution < -0.4 is 10.5 Å². The molecule has 0 aliphatic heterocycles. The lowest BCUT2D eigenvalue weighted by molar-refractivity contribution is -0.142. The lowest BCUT2D eigenvalue weighted by Crippen LogP contribution is -2.33. The van der Waals surface area contributed by atoms with Crippen LogP contribution in [0.15, 0.2) is 24.4 Å². The summed E-state index contributed by atoms with van der Waals surface area (Å²) in [5, 5.41) is 1.07. The van der Waals surface area contributed by atoms with Crippen LogP contribution in [-0.2, 0) is 23.0 Å². The molecule has 0 saturated heterocycles. The van der Waals surface area contributed by atoms with Crippen LogP contribution in [0.4, 0.5) is 0 Å². The minimum atomic E-state index is -0.641. The predicted molar refractivity (Wildman–Crippen MR) is 73.2 cm³/mol. The number of fused-ring (bicyclic) bond motifs is 1. The third kappa shape index (κ3) is 2.56. The number of nitrogens with two attached hydrogens (primary N) is 1. The molecule has 0 spiro atoms. The number of benzene rings is 1. The average molecular weight is 262 g/mol. The highest BCUT2D eigenvalue weighted by atomic mass is 16.5. The molecular formula is C14H18N2O3. The maximum atomic E-state index is 11.4. The fourth-order valence-corrected chi connectivity index (χ4v) is 2.21. The molecule has 2 N–H and O–H groups in total. The second kappa shape index (κ2) is 5.32. The summed E-state index contributed by atoms with van der Waals surface area (Å²) in [6, 6.07) is 5.20. The van der Waals surface area contributed by atoms with Gasteiger partial charge in [-0.05, 0) is 17.7 Å². The van der Waals surface area contributed by atoms with Gasteiger partial charge in [0.2, 0.25) is 0 Å². The molecule has 0 aliphatic rings. The van der Waals surface area contributed by atoms with Gasteiger partial charge in [-0.3, -0.25) is 4.79 Å². The Hall–Kier alpha value is -2.01. The van der Waals surface area contributed by atoms with Crippen LogP contribution in [0, 0.1) is 0 Å². The molecule has 1 heterocycles. The number of aromatic nitrogens is 1. The Kier molecular flexibility index (Phi) is 3.76. The molecule has 19 heavy (non-hydrogen) atoms. The maximum Gasteiger partial charge on any atom is 0.322 e. The Labute approximate surface area is 111 Å². The van der Waals surface area contributed by atoms with Crippen LogP contribution in [0.2, 0.25) is 0 Å². The maximum absolute atomic E-state index is 11.4. The van der Waals surface area contributed by atoms with E-state index in [-0.39, 0.29) is 0 Å². The number of nitrogens with zero attached hydrogens (tertiary/aromatic N) is 1. The number of methoxy groups -OCH3 is 2. The van der Waals surface area contributed by atoms with Gasteiger partial charge in [0.1, 0.15) is 11.8 Å². The van der Waals surface area contributed by atoms with E-state index < -0.39 is 12.0 Å². The van der Waals surface area contributed by atoms with Gasteiger partial charge in [0.25, 0.3) is 0 Å². The van der Waals surface area contributed by atoms with Gasteiger partial charge < -0.3 is 19.8 Å². The summed E-state index contributed by atoms with van der Waals surface area (Å²) in [6.07, 6.45) is 2.43. The molecule has 0 bridgehead atoms. The molecule has 0 amide bonds. The van der Waals surface area contributed by atoms with Crippen molar-refractivity contribution < 1.29 is 14.3 Å². The normalized spacial score (nSPS) is 12.4. The number of ether oxygens (including phenoxy) is 2. The molecule has 102 valence electrons. The zero-order valence-corrected chi connectivity index (χ0v) is 11.3. The van der Waals surface area contributed by atoms with Crippen LogP contribution in [-0.4, -0.2) is 30.8 Å². The molecule has 5 heteroatoms. The van der Waals surface area contributed by atoms with Crippen LogP contribution in [0.1, 0.15) is 5.56 Å². The summed E-state index contributed by atoms with van der Waals surface area (Å²) >= 11 is 0. The molecule has 0 aliphatic carbocycles. The number of hydrogen-bond donors (Lipinski definition) is 1. The van der Waals surface area contributed by atoms with E-state index in [0.717, 1.165) is 22.2 Å². The third-order valence-electron chi connectivity index (χ3n) is 3.22. The molecule has 1 aromatic carbocycles. The van der Waals surface area contributed by atoms with Crippen LogP contribution in [0.5, 0.6) is 5.75 Å². The van der Waals surface area contributed by atoms with Gasteiger partial charge in [-0.1, -0.05) is 0 Å². The highest BCUT2D eigenvalue weighted by molar-refractivity contribution is 5.86. The summed E-state index contributed by atoms with van der Waals surface area (Å²) in [7, 11) is 4.93. The molecule has 2 rings (SSSR count). The summed E-state index contributed by atoms with van der Waals surface area (Å²) in [5.74, 6) is 0.406. The molecular weight excluding hydrogens is 244 g/mol. The zero-order valence-electron chi connectivity index (χ0n) is 11.3.